The first-order valence-corrected chi connectivity index (χ1v) is 6.51. The molecule has 0 aliphatic heterocycles. The molecular weight excluding hydrogens is 281 g/mol. The highest BCUT2D eigenvalue weighted by Crippen LogP contribution is 2.30. The molecule has 0 fully saturated rings. The lowest BCUT2D eigenvalue weighted by molar-refractivity contribution is -0.137. The zero-order valence-electron chi connectivity index (χ0n) is 9.42. The van der Waals surface area contributed by atoms with Crippen LogP contribution in [-0.2, 0) is 16.2 Å². The molecule has 0 aliphatic carbocycles. The van der Waals surface area contributed by atoms with Gasteiger partial charge >= 0.3 is 6.18 Å². The van der Waals surface area contributed by atoms with Gasteiger partial charge < -0.3 is 5.73 Å². The van der Waals surface area contributed by atoms with Crippen LogP contribution in [0, 0.1) is 0 Å². The Morgan fingerprint density at radius 2 is 1.63 bits per heavy atom. The van der Waals surface area contributed by atoms with Crippen molar-refractivity contribution in [2.45, 2.75) is 11.1 Å². The van der Waals surface area contributed by atoms with E-state index in [9.17, 15) is 21.6 Å². The van der Waals surface area contributed by atoms with Gasteiger partial charge in [-0.15, -0.1) is 0 Å². The lowest BCUT2D eigenvalue weighted by Gasteiger charge is -2.08. The number of alkyl halides is 3. The molecule has 8 heteroatoms. The van der Waals surface area contributed by atoms with Gasteiger partial charge in [0.25, 0.3) is 10.0 Å². The fraction of sp³-hybridized carbons (Fsp3) is 0.0909. The van der Waals surface area contributed by atoms with Crippen molar-refractivity contribution < 1.29 is 21.6 Å². The van der Waals surface area contributed by atoms with E-state index in [1.54, 1.807) is 0 Å². The van der Waals surface area contributed by atoms with Crippen LogP contribution in [0.25, 0.3) is 0 Å². The fourth-order valence-corrected chi connectivity index (χ4v) is 2.68. The average molecular weight is 290 g/mol. The summed E-state index contributed by atoms with van der Waals surface area (Å²) >= 11 is 0. The van der Waals surface area contributed by atoms with Crippen LogP contribution in [0.2, 0.25) is 0 Å². The monoisotopic (exact) mass is 290 g/mol. The number of benzene rings is 1. The summed E-state index contributed by atoms with van der Waals surface area (Å²) < 4.78 is 62.0. The number of hydrogen-bond donors (Lipinski definition) is 1. The van der Waals surface area contributed by atoms with Gasteiger partial charge in [0.05, 0.1) is 16.1 Å². The van der Waals surface area contributed by atoms with E-state index in [0.717, 1.165) is 28.2 Å². The minimum absolute atomic E-state index is 0.240. The van der Waals surface area contributed by atoms with Crippen LogP contribution < -0.4 is 5.73 Å². The predicted octanol–water partition coefficient (Wildman–Crippen LogP) is 2.33. The molecule has 19 heavy (non-hydrogen) atoms. The van der Waals surface area contributed by atoms with Crippen LogP contribution in [0.1, 0.15) is 5.56 Å². The molecule has 1 aromatic heterocycles. The fourth-order valence-electron chi connectivity index (χ4n) is 1.48. The van der Waals surface area contributed by atoms with E-state index >= 15 is 0 Å². The van der Waals surface area contributed by atoms with Crippen molar-refractivity contribution in [3.8, 4) is 0 Å². The SMILES string of the molecule is Nc1ccn(S(=O)(=O)c2ccc(C(F)(F)F)cc2)c1. The molecule has 2 N–H and O–H groups in total. The Morgan fingerprint density at radius 3 is 2.05 bits per heavy atom. The second-order valence-corrected chi connectivity index (χ2v) is 5.65. The molecule has 0 unspecified atom stereocenters. The number of rotatable bonds is 2. The number of nitrogen functional groups attached to an aromatic ring is 1. The molecule has 0 spiro atoms. The van der Waals surface area contributed by atoms with Crippen LogP contribution in [0.15, 0.2) is 47.6 Å². The summed E-state index contributed by atoms with van der Waals surface area (Å²) in [5, 5.41) is 0. The average Bonchev–Trinajstić information content (AvgIpc) is 2.76. The number of anilines is 1. The van der Waals surface area contributed by atoms with Crippen molar-refractivity contribution in [2.24, 2.45) is 0 Å². The molecule has 0 saturated carbocycles. The van der Waals surface area contributed by atoms with Crippen molar-refractivity contribution in [3.05, 3.63) is 48.3 Å². The lowest BCUT2D eigenvalue weighted by Crippen LogP contribution is -2.12. The highest BCUT2D eigenvalue weighted by atomic mass is 32.2. The topological polar surface area (TPSA) is 65.1 Å². The zero-order valence-corrected chi connectivity index (χ0v) is 10.2. The van der Waals surface area contributed by atoms with E-state index in [1.165, 1.54) is 18.5 Å². The molecule has 0 bridgehead atoms. The Bertz CT molecular complexity index is 687. The zero-order chi connectivity index (χ0) is 14.3. The summed E-state index contributed by atoms with van der Waals surface area (Å²) in [7, 11) is -3.91. The third kappa shape index (κ3) is 2.58. The van der Waals surface area contributed by atoms with Crippen molar-refractivity contribution in [3.63, 3.8) is 0 Å². The molecule has 2 aromatic rings. The summed E-state index contributed by atoms with van der Waals surface area (Å²) in [6.07, 6.45) is -2.10. The molecule has 0 radical (unpaired) electrons. The maximum absolute atomic E-state index is 12.4. The Hall–Kier alpha value is -1.96. The van der Waals surface area contributed by atoms with Gasteiger partial charge in [0.2, 0.25) is 0 Å². The summed E-state index contributed by atoms with van der Waals surface area (Å²) in [4.78, 5) is -0.240. The molecule has 1 aromatic carbocycles. The van der Waals surface area contributed by atoms with Gasteiger partial charge in [-0.1, -0.05) is 0 Å². The highest BCUT2D eigenvalue weighted by Gasteiger charge is 2.30. The van der Waals surface area contributed by atoms with E-state index in [-0.39, 0.29) is 10.6 Å². The summed E-state index contributed by atoms with van der Waals surface area (Å²) in [6, 6.07) is 4.64. The smallest absolute Gasteiger partial charge is 0.397 e. The standard InChI is InChI=1S/C11H9F3N2O2S/c12-11(13,14)8-1-3-10(4-2-8)19(17,18)16-6-5-9(15)7-16/h1-7H,15H2. The molecule has 102 valence electrons. The highest BCUT2D eigenvalue weighted by molar-refractivity contribution is 7.90. The van der Waals surface area contributed by atoms with E-state index in [2.05, 4.69) is 0 Å². The number of halogens is 3. The van der Waals surface area contributed by atoms with Crippen molar-refractivity contribution >= 4 is 15.7 Å². The van der Waals surface area contributed by atoms with Crippen LogP contribution >= 0.6 is 0 Å². The normalized spacial score (nSPS) is 12.6. The quantitative estimate of drug-likeness (QED) is 0.923. The number of hydrogen-bond acceptors (Lipinski definition) is 3. The second-order valence-electron chi connectivity index (χ2n) is 3.80. The summed E-state index contributed by atoms with van der Waals surface area (Å²) in [5.41, 5.74) is 4.74. The second kappa shape index (κ2) is 4.30. The molecule has 0 saturated heterocycles. The van der Waals surface area contributed by atoms with Gasteiger partial charge in [0.15, 0.2) is 0 Å². The van der Waals surface area contributed by atoms with Gasteiger partial charge in [-0.2, -0.15) is 13.2 Å². The van der Waals surface area contributed by atoms with Crippen LogP contribution in [0.4, 0.5) is 18.9 Å². The Balaban J connectivity index is 2.43. The van der Waals surface area contributed by atoms with Crippen molar-refractivity contribution in [1.82, 2.24) is 3.97 Å². The third-order valence-corrected chi connectivity index (χ3v) is 4.10. The van der Waals surface area contributed by atoms with Gasteiger partial charge in [-0.3, -0.25) is 0 Å². The molecule has 1 heterocycles. The Labute approximate surface area is 107 Å². The molecular formula is C11H9F3N2O2S. The molecule has 0 amide bonds. The number of nitrogens with two attached hydrogens (primary N) is 1. The maximum Gasteiger partial charge on any atom is 0.416 e. The Kier molecular flexibility index (Phi) is 3.05. The van der Waals surface area contributed by atoms with Crippen LogP contribution in [-0.4, -0.2) is 12.4 Å². The first kappa shape index (κ1) is 13.5. The van der Waals surface area contributed by atoms with Gasteiger partial charge in [-0.25, -0.2) is 12.4 Å². The number of nitrogens with zero attached hydrogens (tertiary/aromatic N) is 1. The van der Waals surface area contributed by atoms with E-state index < -0.39 is 21.8 Å². The molecule has 2 rings (SSSR count). The minimum atomic E-state index is -4.50. The first-order valence-electron chi connectivity index (χ1n) is 5.07. The lowest BCUT2D eigenvalue weighted by atomic mass is 10.2. The molecule has 4 nitrogen and oxygen atoms in total. The van der Waals surface area contributed by atoms with E-state index in [1.807, 2.05) is 0 Å². The number of aromatic nitrogens is 1. The summed E-state index contributed by atoms with van der Waals surface area (Å²) in [5.74, 6) is 0. The molecule has 0 atom stereocenters. The first-order chi connectivity index (χ1) is 8.71. The maximum atomic E-state index is 12.4. The van der Waals surface area contributed by atoms with Gasteiger partial charge in [0, 0.05) is 12.4 Å². The molecule has 0 aliphatic rings. The van der Waals surface area contributed by atoms with Gasteiger partial charge in [0.1, 0.15) is 0 Å². The van der Waals surface area contributed by atoms with Crippen LogP contribution in [0.5, 0.6) is 0 Å². The Morgan fingerprint density at radius 1 is 1.05 bits per heavy atom. The minimum Gasteiger partial charge on any atom is -0.397 e. The van der Waals surface area contributed by atoms with Gasteiger partial charge in [-0.05, 0) is 30.3 Å². The largest absolute Gasteiger partial charge is 0.416 e. The van der Waals surface area contributed by atoms with E-state index in [4.69, 9.17) is 5.73 Å². The van der Waals surface area contributed by atoms with Crippen LogP contribution in [0.3, 0.4) is 0 Å². The predicted molar refractivity (Wildman–Crippen MR) is 62.9 cm³/mol. The van der Waals surface area contributed by atoms with Crippen molar-refractivity contribution in [1.29, 1.82) is 0 Å². The third-order valence-electron chi connectivity index (χ3n) is 2.45. The summed E-state index contributed by atoms with van der Waals surface area (Å²) in [6.45, 7) is 0. The van der Waals surface area contributed by atoms with E-state index in [0.29, 0.717) is 0 Å². The van der Waals surface area contributed by atoms with Crippen molar-refractivity contribution in [2.75, 3.05) is 5.73 Å².